The molecule has 0 aliphatic rings. The monoisotopic (exact) mass is 263 g/mol. The molecule has 4 nitrogen and oxygen atoms in total. The molecule has 16 heavy (non-hydrogen) atoms. The number of halogens is 1. The molecule has 1 unspecified atom stereocenters. The summed E-state index contributed by atoms with van der Waals surface area (Å²) < 4.78 is 27.3. The molecule has 0 saturated heterocycles. The Bertz CT molecular complexity index is 430. The van der Waals surface area contributed by atoms with E-state index in [2.05, 4.69) is 0 Å². The van der Waals surface area contributed by atoms with Gasteiger partial charge >= 0.3 is 0 Å². The largest absolute Gasteiger partial charge is 0.475 e. The number of nitrogens with two attached hydrogens (primary N) is 1. The van der Waals surface area contributed by atoms with Crippen LogP contribution < -0.4 is 9.88 Å². The van der Waals surface area contributed by atoms with Crippen LogP contribution in [0, 0.1) is 0 Å². The maximum Gasteiger partial charge on any atom is 0.238 e. The zero-order valence-corrected chi connectivity index (χ0v) is 10.5. The summed E-state index contributed by atoms with van der Waals surface area (Å²) in [7, 11) is -3.65. The maximum atomic E-state index is 11.0. The van der Waals surface area contributed by atoms with E-state index in [4.69, 9.17) is 21.5 Å². The van der Waals surface area contributed by atoms with Gasteiger partial charge in [0.05, 0.1) is 4.90 Å². The highest BCUT2D eigenvalue weighted by Gasteiger charge is 2.09. The molecular formula is C10H14ClNO3S. The van der Waals surface area contributed by atoms with Gasteiger partial charge in [0.25, 0.3) is 0 Å². The molecule has 0 radical (unpaired) electrons. The molecular weight excluding hydrogens is 250 g/mol. The normalized spacial score (nSPS) is 13.4. The van der Waals surface area contributed by atoms with Crippen LogP contribution in [0.4, 0.5) is 0 Å². The van der Waals surface area contributed by atoms with E-state index < -0.39 is 15.6 Å². The third-order valence-corrected chi connectivity index (χ3v) is 3.17. The highest BCUT2D eigenvalue weighted by atomic mass is 35.5. The van der Waals surface area contributed by atoms with Crippen molar-refractivity contribution in [3.05, 3.63) is 24.3 Å². The van der Waals surface area contributed by atoms with Crippen molar-refractivity contribution in [3.8, 4) is 5.75 Å². The first-order valence-corrected chi connectivity index (χ1v) is 6.85. The third kappa shape index (κ3) is 4.00. The first-order valence-electron chi connectivity index (χ1n) is 4.87. The van der Waals surface area contributed by atoms with Gasteiger partial charge in [0.15, 0.2) is 5.56 Å². The van der Waals surface area contributed by atoms with Crippen LogP contribution in [0.3, 0.4) is 0 Å². The highest BCUT2D eigenvalue weighted by molar-refractivity contribution is 7.89. The van der Waals surface area contributed by atoms with Gasteiger partial charge in [0, 0.05) is 0 Å². The van der Waals surface area contributed by atoms with E-state index in [-0.39, 0.29) is 4.90 Å². The Morgan fingerprint density at radius 1 is 1.38 bits per heavy atom. The molecule has 0 amide bonds. The van der Waals surface area contributed by atoms with Crippen LogP contribution in [0.2, 0.25) is 0 Å². The van der Waals surface area contributed by atoms with E-state index >= 15 is 0 Å². The topological polar surface area (TPSA) is 69.4 Å². The number of primary sulfonamides is 1. The predicted molar refractivity (Wildman–Crippen MR) is 63.0 cm³/mol. The van der Waals surface area contributed by atoms with Gasteiger partial charge in [-0.2, -0.15) is 0 Å². The molecule has 1 atom stereocenters. The molecule has 0 aliphatic heterocycles. The van der Waals surface area contributed by atoms with Crippen molar-refractivity contribution in [1.29, 1.82) is 0 Å². The standard InChI is InChI=1S/C10H14ClNO3S/c1-2-3-10(11)15-8-4-6-9(7-5-8)16(12,13)14/h4-7,10H,2-3H2,1H3,(H2,12,13,14). The van der Waals surface area contributed by atoms with Gasteiger partial charge < -0.3 is 4.74 Å². The smallest absolute Gasteiger partial charge is 0.238 e. The van der Waals surface area contributed by atoms with Crippen LogP contribution in [0.5, 0.6) is 5.75 Å². The van der Waals surface area contributed by atoms with Crippen molar-refractivity contribution < 1.29 is 13.2 Å². The number of hydrogen-bond acceptors (Lipinski definition) is 3. The van der Waals surface area contributed by atoms with Crippen LogP contribution in [0.25, 0.3) is 0 Å². The molecule has 0 aromatic heterocycles. The van der Waals surface area contributed by atoms with Crippen LogP contribution in [-0.2, 0) is 10.0 Å². The molecule has 0 fully saturated rings. The van der Waals surface area contributed by atoms with Crippen LogP contribution in [0.15, 0.2) is 29.2 Å². The van der Waals surface area contributed by atoms with Gasteiger partial charge in [-0.3, -0.25) is 0 Å². The van der Waals surface area contributed by atoms with Crippen molar-refractivity contribution in [2.45, 2.75) is 30.2 Å². The number of hydrogen-bond donors (Lipinski definition) is 1. The molecule has 0 aliphatic carbocycles. The lowest BCUT2D eigenvalue weighted by molar-refractivity contribution is 0.269. The van der Waals surface area contributed by atoms with Crippen molar-refractivity contribution in [2.75, 3.05) is 0 Å². The van der Waals surface area contributed by atoms with E-state index in [1.807, 2.05) is 6.92 Å². The summed E-state index contributed by atoms with van der Waals surface area (Å²) in [5.41, 5.74) is -0.398. The second-order valence-corrected chi connectivity index (χ2v) is 5.38. The molecule has 2 N–H and O–H groups in total. The van der Waals surface area contributed by atoms with Gasteiger partial charge in [0.2, 0.25) is 10.0 Å². The Balaban J connectivity index is 2.72. The third-order valence-electron chi connectivity index (χ3n) is 1.93. The van der Waals surface area contributed by atoms with E-state index in [1.165, 1.54) is 24.3 Å². The number of sulfonamides is 1. The maximum absolute atomic E-state index is 11.0. The zero-order chi connectivity index (χ0) is 12.2. The molecule has 0 spiro atoms. The Labute approximate surface area is 100 Å². The molecule has 0 bridgehead atoms. The van der Waals surface area contributed by atoms with Crippen LogP contribution in [0.1, 0.15) is 19.8 Å². The lowest BCUT2D eigenvalue weighted by atomic mass is 10.3. The van der Waals surface area contributed by atoms with E-state index in [0.717, 1.165) is 12.8 Å². The van der Waals surface area contributed by atoms with Crippen molar-refractivity contribution in [3.63, 3.8) is 0 Å². The second kappa shape index (κ2) is 5.52. The SMILES string of the molecule is CCCC(Cl)Oc1ccc(S(N)(=O)=O)cc1. The number of alkyl halides is 1. The molecule has 0 saturated carbocycles. The summed E-state index contributed by atoms with van der Waals surface area (Å²) in [5.74, 6) is 0.529. The minimum atomic E-state index is -3.65. The first-order chi connectivity index (χ1) is 7.43. The predicted octanol–water partition coefficient (Wildman–Crippen LogP) is 2.08. The fourth-order valence-corrected chi connectivity index (χ4v) is 1.98. The lowest BCUT2D eigenvalue weighted by Gasteiger charge is -2.11. The van der Waals surface area contributed by atoms with E-state index in [0.29, 0.717) is 5.75 Å². The van der Waals surface area contributed by atoms with Gasteiger partial charge in [-0.15, -0.1) is 0 Å². The van der Waals surface area contributed by atoms with Gasteiger partial charge in [-0.25, -0.2) is 13.6 Å². The second-order valence-electron chi connectivity index (χ2n) is 3.33. The molecule has 0 heterocycles. The average molecular weight is 264 g/mol. The Morgan fingerprint density at radius 2 is 1.94 bits per heavy atom. The fourth-order valence-electron chi connectivity index (χ4n) is 1.14. The summed E-state index contributed by atoms with van der Waals surface area (Å²) in [6.45, 7) is 2.00. The Morgan fingerprint density at radius 3 is 2.38 bits per heavy atom. The molecule has 6 heteroatoms. The average Bonchev–Trinajstić information content (AvgIpc) is 2.17. The minimum Gasteiger partial charge on any atom is -0.475 e. The van der Waals surface area contributed by atoms with Crippen LogP contribution in [-0.4, -0.2) is 14.0 Å². The molecule has 1 aromatic rings. The molecule has 1 rings (SSSR count). The minimum absolute atomic E-state index is 0.0569. The summed E-state index contributed by atoms with van der Waals surface area (Å²) in [5, 5.41) is 4.96. The number of benzene rings is 1. The number of ether oxygens (including phenoxy) is 1. The Hall–Kier alpha value is -0.780. The summed E-state index contributed by atoms with van der Waals surface area (Å²) in [4.78, 5) is 0.0569. The first kappa shape index (κ1) is 13.3. The van der Waals surface area contributed by atoms with E-state index in [1.54, 1.807) is 0 Å². The molecule has 90 valence electrons. The van der Waals surface area contributed by atoms with Crippen molar-refractivity contribution >= 4 is 21.6 Å². The molecule has 1 aromatic carbocycles. The van der Waals surface area contributed by atoms with Crippen LogP contribution >= 0.6 is 11.6 Å². The Kier molecular flexibility index (Phi) is 4.58. The summed E-state index contributed by atoms with van der Waals surface area (Å²) >= 11 is 5.88. The fraction of sp³-hybridized carbons (Fsp3) is 0.400. The van der Waals surface area contributed by atoms with Gasteiger partial charge in [0.1, 0.15) is 5.75 Å². The zero-order valence-electron chi connectivity index (χ0n) is 8.89. The van der Waals surface area contributed by atoms with Gasteiger partial charge in [-0.05, 0) is 30.7 Å². The van der Waals surface area contributed by atoms with E-state index in [9.17, 15) is 8.42 Å². The van der Waals surface area contributed by atoms with Crippen molar-refractivity contribution in [2.24, 2.45) is 5.14 Å². The summed E-state index contributed by atoms with van der Waals surface area (Å²) in [6, 6.07) is 5.84. The van der Waals surface area contributed by atoms with Gasteiger partial charge in [-0.1, -0.05) is 24.9 Å². The lowest BCUT2D eigenvalue weighted by Crippen LogP contribution is -2.12. The quantitative estimate of drug-likeness (QED) is 0.827. The summed E-state index contributed by atoms with van der Waals surface area (Å²) in [6.07, 6.45) is 1.65. The number of rotatable bonds is 5. The van der Waals surface area contributed by atoms with Crippen molar-refractivity contribution in [1.82, 2.24) is 0 Å². The highest BCUT2D eigenvalue weighted by Crippen LogP contribution is 2.18.